The van der Waals surface area contributed by atoms with E-state index in [9.17, 15) is 23.3 Å². The lowest BCUT2D eigenvalue weighted by Gasteiger charge is -2.19. The highest BCUT2D eigenvalue weighted by atomic mass is 32.2. The second-order valence-corrected chi connectivity index (χ2v) is 11.3. The van der Waals surface area contributed by atoms with Crippen LogP contribution >= 0.6 is 0 Å². The average molecular weight is 592 g/mol. The summed E-state index contributed by atoms with van der Waals surface area (Å²) in [6.45, 7) is -0.664. The summed E-state index contributed by atoms with van der Waals surface area (Å²) in [5, 5.41) is 12.5. The van der Waals surface area contributed by atoms with Crippen molar-refractivity contribution in [2.24, 2.45) is 0 Å². The Hall–Kier alpha value is -5.66. The Morgan fingerprint density at radius 1 is 0.837 bits per heavy atom. The van der Waals surface area contributed by atoms with E-state index in [-0.39, 0.29) is 21.9 Å². The molecule has 214 valence electrons. The number of hydrogen-bond acceptors (Lipinski definition) is 7. The lowest BCUT2D eigenvalue weighted by Crippen LogP contribution is -2.26. The van der Waals surface area contributed by atoms with E-state index < -0.39 is 28.5 Å². The predicted octanol–water partition coefficient (Wildman–Crippen LogP) is 6.11. The molecule has 0 saturated heterocycles. The third-order valence-electron chi connectivity index (χ3n) is 6.57. The number of para-hydroxylation sites is 1. The van der Waals surface area contributed by atoms with Gasteiger partial charge in [0.2, 0.25) is 5.88 Å². The summed E-state index contributed by atoms with van der Waals surface area (Å²) in [7, 11) is -2.42. The summed E-state index contributed by atoms with van der Waals surface area (Å²) in [6, 6.07) is 34.3. The Labute approximate surface area is 248 Å². The topological polar surface area (TPSA) is 130 Å². The molecule has 0 bridgehead atoms. The molecule has 1 heterocycles. The number of nitriles is 1. The Bertz CT molecular complexity index is 1900. The smallest absolute Gasteiger partial charge is 0.338 e. The van der Waals surface area contributed by atoms with Crippen LogP contribution in [0.5, 0.6) is 0 Å². The number of sulfonamides is 1. The first-order valence-electron chi connectivity index (χ1n) is 13.1. The van der Waals surface area contributed by atoms with E-state index in [1.165, 1.54) is 31.3 Å². The standard InChI is InChI=1S/C33H25N3O6S/c1-36(26-15-9-4-10-16-26)43(39,40)27-19-17-25(18-20-27)33(38)41-22-29(37)35-32-28(21-34)30(23-11-5-2-6-12-23)31(42-32)24-13-7-3-8-14-24/h2-20H,22H2,1H3,(H,35,37). The first kappa shape index (κ1) is 28.9. The highest BCUT2D eigenvalue weighted by Crippen LogP contribution is 2.41. The zero-order chi connectivity index (χ0) is 30.4. The van der Waals surface area contributed by atoms with Gasteiger partial charge in [-0.15, -0.1) is 0 Å². The van der Waals surface area contributed by atoms with E-state index >= 15 is 0 Å². The largest absolute Gasteiger partial charge is 0.452 e. The van der Waals surface area contributed by atoms with Crippen molar-refractivity contribution in [3.05, 3.63) is 126 Å². The van der Waals surface area contributed by atoms with E-state index in [0.29, 0.717) is 22.6 Å². The summed E-state index contributed by atoms with van der Waals surface area (Å²) in [5.74, 6) is -1.21. The van der Waals surface area contributed by atoms with Crippen molar-refractivity contribution < 1.29 is 27.2 Å². The van der Waals surface area contributed by atoms with Crippen molar-refractivity contribution in [2.45, 2.75) is 4.90 Å². The summed E-state index contributed by atoms with van der Waals surface area (Å²) >= 11 is 0. The van der Waals surface area contributed by atoms with Gasteiger partial charge < -0.3 is 9.15 Å². The van der Waals surface area contributed by atoms with Crippen molar-refractivity contribution >= 4 is 33.5 Å². The molecule has 0 atom stereocenters. The number of amides is 1. The number of nitrogens with one attached hydrogen (secondary N) is 1. The van der Waals surface area contributed by atoms with Gasteiger partial charge in [0.1, 0.15) is 17.4 Å². The van der Waals surface area contributed by atoms with Gasteiger partial charge in [-0.3, -0.25) is 14.4 Å². The molecule has 1 N–H and O–H groups in total. The van der Waals surface area contributed by atoms with Gasteiger partial charge in [-0.1, -0.05) is 78.9 Å². The maximum absolute atomic E-state index is 13.0. The number of anilines is 2. The van der Waals surface area contributed by atoms with Crippen LogP contribution in [0.3, 0.4) is 0 Å². The number of carbonyl (C=O) groups excluding carboxylic acids is 2. The van der Waals surface area contributed by atoms with Crippen molar-refractivity contribution in [1.82, 2.24) is 0 Å². The summed E-state index contributed by atoms with van der Waals surface area (Å²) < 4.78 is 38.2. The van der Waals surface area contributed by atoms with E-state index in [4.69, 9.17) is 9.15 Å². The number of rotatable bonds is 9. The summed E-state index contributed by atoms with van der Waals surface area (Å²) in [6.07, 6.45) is 0. The summed E-state index contributed by atoms with van der Waals surface area (Å²) in [5.41, 5.74) is 2.64. The molecule has 1 aromatic heterocycles. The third-order valence-corrected chi connectivity index (χ3v) is 8.37. The lowest BCUT2D eigenvalue weighted by atomic mass is 9.98. The molecule has 4 aromatic carbocycles. The Kier molecular flexibility index (Phi) is 8.36. The Morgan fingerprint density at radius 3 is 1.98 bits per heavy atom. The van der Waals surface area contributed by atoms with Crippen molar-refractivity contribution in [1.29, 1.82) is 5.26 Å². The zero-order valence-electron chi connectivity index (χ0n) is 22.9. The van der Waals surface area contributed by atoms with Crippen molar-refractivity contribution in [2.75, 3.05) is 23.3 Å². The predicted molar refractivity (Wildman–Crippen MR) is 162 cm³/mol. The minimum atomic E-state index is -3.86. The maximum Gasteiger partial charge on any atom is 0.338 e. The third kappa shape index (κ3) is 6.17. The lowest BCUT2D eigenvalue weighted by molar-refractivity contribution is -0.119. The molecule has 0 spiro atoms. The number of furan rings is 1. The second-order valence-electron chi connectivity index (χ2n) is 9.31. The molecule has 5 rings (SSSR count). The van der Waals surface area contributed by atoms with Gasteiger partial charge in [0.05, 0.1) is 16.1 Å². The van der Waals surface area contributed by atoms with Crippen LogP contribution in [0.2, 0.25) is 0 Å². The van der Waals surface area contributed by atoms with Crippen LogP contribution in [-0.4, -0.2) is 33.9 Å². The molecule has 0 radical (unpaired) electrons. The van der Waals surface area contributed by atoms with Crippen LogP contribution in [-0.2, 0) is 19.6 Å². The quantitative estimate of drug-likeness (QED) is 0.205. The molecule has 0 aliphatic rings. The number of nitrogens with zero attached hydrogens (tertiary/aromatic N) is 2. The zero-order valence-corrected chi connectivity index (χ0v) is 23.7. The molecule has 5 aromatic rings. The van der Waals surface area contributed by atoms with Crippen LogP contribution < -0.4 is 9.62 Å². The average Bonchev–Trinajstić information content (AvgIpc) is 3.42. The molecule has 43 heavy (non-hydrogen) atoms. The van der Waals surface area contributed by atoms with Gasteiger partial charge in [0.25, 0.3) is 15.9 Å². The number of esters is 1. The number of ether oxygens (including phenoxy) is 1. The molecule has 0 fully saturated rings. The first-order chi connectivity index (χ1) is 20.8. The summed E-state index contributed by atoms with van der Waals surface area (Å²) in [4.78, 5) is 25.4. The highest BCUT2D eigenvalue weighted by Gasteiger charge is 2.25. The van der Waals surface area contributed by atoms with E-state index in [1.54, 1.807) is 30.3 Å². The fraction of sp³-hybridized carbons (Fsp3) is 0.0606. The number of carbonyl (C=O) groups is 2. The molecule has 0 saturated carbocycles. The molecule has 10 heteroatoms. The fourth-order valence-electron chi connectivity index (χ4n) is 4.37. The van der Waals surface area contributed by atoms with Gasteiger partial charge >= 0.3 is 5.97 Å². The van der Waals surface area contributed by atoms with Crippen LogP contribution in [0.15, 0.2) is 125 Å². The SMILES string of the molecule is CN(c1ccccc1)S(=O)(=O)c1ccc(C(=O)OCC(=O)Nc2oc(-c3ccccc3)c(-c3ccccc3)c2C#N)cc1. The Balaban J connectivity index is 1.29. The van der Waals surface area contributed by atoms with Gasteiger partial charge in [-0.25, -0.2) is 13.2 Å². The number of benzene rings is 4. The van der Waals surface area contributed by atoms with Crippen LogP contribution in [0.4, 0.5) is 11.6 Å². The number of hydrogen-bond donors (Lipinski definition) is 1. The van der Waals surface area contributed by atoms with Gasteiger partial charge in [-0.2, -0.15) is 5.26 Å². The van der Waals surface area contributed by atoms with Gasteiger partial charge in [0.15, 0.2) is 6.61 Å². The minimum absolute atomic E-state index is 0.0153. The molecule has 0 aliphatic heterocycles. The highest BCUT2D eigenvalue weighted by molar-refractivity contribution is 7.92. The van der Waals surface area contributed by atoms with Gasteiger partial charge in [-0.05, 0) is 42.0 Å². The molecule has 0 unspecified atom stereocenters. The maximum atomic E-state index is 13.0. The van der Waals surface area contributed by atoms with Crippen LogP contribution in [0.1, 0.15) is 15.9 Å². The second kappa shape index (κ2) is 12.5. The first-order valence-corrected chi connectivity index (χ1v) is 14.5. The van der Waals surface area contributed by atoms with E-state index in [1.807, 2.05) is 60.7 Å². The van der Waals surface area contributed by atoms with Crippen molar-refractivity contribution in [3.63, 3.8) is 0 Å². The minimum Gasteiger partial charge on any atom is -0.452 e. The van der Waals surface area contributed by atoms with E-state index in [2.05, 4.69) is 11.4 Å². The van der Waals surface area contributed by atoms with Gasteiger partial charge in [0, 0.05) is 18.2 Å². The van der Waals surface area contributed by atoms with Crippen LogP contribution in [0, 0.1) is 11.3 Å². The fourth-order valence-corrected chi connectivity index (χ4v) is 5.57. The van der Waals surface area contributed by atoms with E-state index in [0.717, 1.165) is 9.87 Å². The monoisotopic (exact) mass is 591 g/mol. The normalized spacial score (nSPS) is 10.9. The van der Waals surface area contributed by atoms with Crippen LogP contribution in [0.25, 0.3) is 22.5 Å². The molecular weight excluding hydrogens is 566 g/mol. The van der Waals surface area contributed by atoms with Crippen molar-refractivity contribution in [3.8, 4) is 28.5 Å². The Morgan fingerprint density at radius 2 is 1.40 bits per heavy atom. The molecular formula is C33H25N3O6S. The molecule has 9 nitrogen and oxygen atoms in total. The molecule has 1 amide bonds. The molecule has 0 aliphatic carbocycles.